The predicted molar refractivity (Wildman–Crippen MR) is 163 cm³/mol. The molecule has 0 saturated heterocycles. The Labute approximate surface area is 238 Å². The third kappa shape index (κ3) is 3.44. The van der Waals surface area contributed by atoms with Crippen LogP contribution in [0.5, 0.6) is 0 Å². The third-order valence-corrected chi connectivity index (χ3v) is 8.59. The van der Waals surface area contributed by atoms with Gasteiger partial charge in [0.15, 0.2) is 6.20 Å². The van der Waals surface area contributed by atoms with Gasteiger partial charge in [-0.05, 0) is 86.3 Å². The molecule has 0 spiro atoms. The number of aromatic nitrogens is 1. The first-order chi connectivity index (χ1) is 20.4. The van der Waals surface area contributed by atoms with E-state index < -0.39 is 11.8 Å². The maximum atomic E-state index is 10.2. The van der Waals surface area contributed by atoms with Crippen molar-refractivity contribution in [3.05, 3.63) is 173 Å². The smallest absolute Gasteiger partial charge is 0.201 e. The first-order valence-corrected chi connectivity index (χ1v) is 13.9. The molecule has 1 heterocycles. The molecule has 1 heteroatoms. The Hall–Kier alpha value is -4.75. The first-order valence-electron chi connectivity index (χ1n) is 14.9. The van der Waals surface area contributed by atoms with Gasteiger partial charge in [0.25, 0.3) is 0 Å². The summed E-state index contributed by atoms with van der Waals surface area (Å²) in [6.45, 7) is 2.15. The van der Waals surface area contributed by atoms with E-state index >= 15 is 0 Å². The van der Waals surface area contributed by atoms with Crippen molar-refractivity contribution in [3.8, 4) is 33.5 Å². The maximum Gasteiger partial charge on any atom is 0.213 e. The van der Waals surface area contributed by atoms with Gasteiger partial charge in [0.2, 0.25) is 5.69 Å². The minimum atomic E-state index is -1.10. The summed E-state index contributed by atoms with van der Waals surface area (Å²) >= 11 is 0. The highest BCUT2D eigenvalue weighted by molar-refractivity contribution is 5.77. The van der Waals surface area contributed by atoms with Crippen LogP contribution in [0.2, 0.25) is 0 Å². The number of rotatable bonds is 3. The molecular weight excluding hydrogens is 482 g/mol. The average molecular weight is 515 g/mol. The number of pyridine rings is 1. The molecule has 0 N–H and O–H groups in total. The van der Waals surface area contributed by atoms with Crippen LogP contribution in [0.4, 0.5) is 0 Å². The van der Waals surface area contributed by atoms with Crippen LogP contribution in [0.15, 0.2) is 134 Å². The number of hydrogen-bond donors (Lipinski definition) is 0. The Morgan fingerprint density at radius 1 is 0.500 bits per heavy atom. The summed E-state index contributed by atoms with van der Waals surface area (Å²) in [5, 5.41) is 0. The maximum absolute atomic E-state index is 10.2. The minimum absolute atomic E-state index is 0.901. The molecule has 3 aliphatic rings. The molecule has 0 radical (unpaired) electrons. The molecule has 190 valence electrons. The van der Waals surface area contributed by atoms with Crippen molar-refractivity contribution in [2.24, 2.45) is 7.05 Å². The molecule has 0 fully saturated rings. The van der Waals surface area contributed by atoms with Crippen molar-refractivity contribution in [3.63, 3.8) is 0 Å². The minimum Gasteiger partial charge on any atom is -0.201 e. The van der Waals surface area contributed by atoms with Gasteiger partial charge >= 0.3 is 0 Å². The van der Waals surface area contributed by atoms with Gasteiger partial charge in [-0.2, -0.15) is 0 Å². The molecule has 1 aromatic heterocycles. The summed E-state index contributed by atoms with van der Waals surface area (Å²) in [4.78, 5) is 0. The van der Waals surface area contributed by atoms with Crippen LogP contribution in [-0.4, -0.2) is 0 Å². The third-order valence-electron chi connectivity index (χ3n) is 8.59. The molecule has 5 aromatic carbocycles. The Bertz CT molecular complexity index is 2050. The van der Waals surface area contributed by atoms with E-state index in [4.69, 9.17) is 0 Å². The van der Waals surface area contributed by atoms with Gasteiger partial charge in [-0.15, -0.1) is 0 Å². The van der Waals surface area contributed by atoms with E-state index in [1.165, 1.54) is 11.1 Å². The van der Waals surface area contributed by atoms with Crippen molar-refractivity contribution in [1.82, 2.24) is 0 Å². The number of benzene rings is 5. The Morgan fingerprint density at radius 2 is 1.02 bits per heavy atom. The standard InChI is InChI=1S/C39H30N/c1-25-10-6-7-13-30(25)37-24-29(20-21-40(37)2)28-17-19-34-36(23-28)39-32-15-9-8-14-31(32)38(34)35-22-27(16-18-33(35)39)26-11-4-3-5-12-26/h3-24,38-39H,1-2H3/q+1/i38D,39D. The highest BCUT2D eigenvalue weighted by Crippen LogP contribution is 2.56. The highest BCUT2D eigenvalue weighted by atomic mass is 14.9. The second kappa shape index (κ2) is 8.89. The van der Waals surface area contributed by atoms with Crippen LogP contribution in [0, 0.1) is 6.92 Å². The topological polar surface area (TPSA) is 3.88 Å². The lowest BCUT2D eigenvalue weighted by Crippen LogP contribution is -2.30. The van der Waals surface area contributed by atoms with Crippen LogP contribution in [0.3, 0.4) is 0 Å². The summed E-state index contributed by atoms with van der Waals surface area (Å²) < 4.78 is 22.6. The van der Waals surface area contributed by atoms with E-state index in [-0.39, 0.29) is 0 Å². The molecule has 3 aliphatic carbocycles. The molecule has 2 unspecified atom stereocenters. The van der Waals surface area contributed by atoms with Gasteiger partial charge < -0.3 is 0 Å². The van der Waals surface area contributed by atoms with Gasteiger partial charge in [-0.1, -0.05) is 97.1 Å². The van der Waals surface area contributed by atoms with E-state index in [0.717, 1.165) is 61.3 Å². The Morgan fingerprint density at radius 3 is 1.68 bits per heavy atom. The lowest BCUT2D eigenvalue weighted by molar-refractivity contribution is -0.660. The summed E-state index contributed by atoms with van der Waals surface area (Å²) in [6.07, 6.45) is 2.11. The number of aryl methyl sites for hydroxylation is 2. The molecule has 0 saturated carbocycles. The van der Waals surface area contributed by atoms with Gasteiger partial charge in [0.05, 0.1) is 0 Å². The molecule has 1 nitrogen and oxygen atoms in total. The van der Waals surface area contributed by atoms with Crippen LogP contribution in [-0.2, 0) is 7.05 Å². The Kier molecular flexibility index (Phi) is 4.70. The van der Waals surface area contributed by atoms with E-state index in [9.17, 15) is 2.74 Å². The second-order valence-corrected chi connectivity index (χ2v) is 10.9. The van der Waals surface area contributed by atoms with Crippen LogP contribution >= 0.6 is 0 Å². The number of nitrogens with zero attached hydrogens (tertiary/aromatic N) is 1. The molecule has 2 atom stereocenters. The van der Waals surface area contributed by atoms with E-state index in [2.05, 4.69) is 110 Å². The zero-order valence-electron chi connectivity index (χ0n) is 24.6. The van der Waals surface area contributed by atoms with Crippen LogP contribution in [0.1, 0.15) is 53.5 Å². The van der Waals surface area contributed by atoms with Gasteiger partial charge in [0, 0.05) is 32.2 Å². The lowest BCUT2D eigenvalue weighted by Gasteiger charge is -2.42. The fourth-order valence-electron chi connectivity index (χ4n) is 6.59. The van der Waals surface area contributed by atoms with E-state index in [1.54, 1.807) is 0 Å². The molecule has 9 rings (SSSR count). The van der Waals surface area contributed by atoms with Gasteiger partial charge in [-0.25, -0.2) is 4.57 Å². The van der Waals surface area contributed by atoms with Crippen molar-refractivity contribution < 1.29 is 7.31 Å². The monoisotopic (exact) mass is 514 g/mol. The summed E-state index contributed by atoms with van der Waals surface area (Å²) in [6, 6.07) is 44.1. The van der Waals surface area contributed by atoms with Crippen molar-refractivity contribution >= 4 is 0 Å². The van der Waals surface area contributed by atoms with Crippen molar-refractivity contribution in [2.45, 2.75) is 18.7 Å². The average Bonchev–Trinajstić information content (AvgIpc) is 3.04. The largest absolute Gasteiger partial charge is 0.213 e. The molecule has 40 heavy (non-hydrogen) atoms. The zero-order chi connectivity index (χ0) is 28.6. The van der Waals surface area contributed by atoms with Crippen molar-refractivity contribution in [1.29, 1.82) is 0 Å². The molecular formula is C39H30N+. The first kappa shape index (κ1) is 21.1. The molecule has 0 amide bonds. The SMILES string of the molecule is [2H]C12c3ccccc3C([2H])(c3ccc(-c4ccccc4)cc31)c1cc(-c3cc[n+](C)c(-c4ccccc4C)c3)ccc12. The molecule has 6 aromatic rings. The van der Waals surface area contributed by atoms with E-state index in [0.29, 0.717) is 0 Å². The number of hydrogen-bond acceptors (Lipinski definition) is 0. The highest BCUT2D eigenvalue weighted by Gasteiger charge is 2.41. The fraction of sp³-hybridized carbons (Fsp3) is 0.103. The molecule has 2 bridgehead atoms. The van der Waals surface area contributed by atoms with Crippen LogP contribution < -0.4 is 4.57 Å². The molecule has 0 aliphatic heterocycles. The summed E-state index contributed by atoms with van der Waals surface area (Å²) in [7, 11) is 2.08. The summed E-state index contributed by atoms with van der Waals surface area (Å²) in [5.74, 6) is -2.20. The lowest BCUT2D eigenvalue weighted by atomic mass is 9.60. The van der Waals surface area contributed by atoms with Crippen LogP contribution in [0.25, 0.3) is 33.5 Å². The normalized spacial score (nSPS) is 20.6. The predicted octanol–water partition coefficient (Wildman–Crippen LogP) is 8.81. The summed E-state index contributed by atoms with van der Waals surface area (Å²) in [5.41, 5.74) is 13.4. The van der Waals surface area contributed by atoms with E-state index in [1.807, 2.05) is 42.5 Å². The van der Waals surface area contributed by atoms with Gasteiger partial charge in [-0.3, -0.25) is 0 Å². The second-order valence-electron chi connectivity index (χ2n) is 10.9. The quantitative estimate of drug-likeness (QED) is 0.208. The van der Waals surface area contributed by atoms with Crippen molar-refractivity contribution in [2.75, 3.05) is 0 Å². The van der Waals surface area contributed by atoms with Gasteiger partial charge in [0.1, 0.15) is 7.05 Å². The fourth-order valence-corrected chi connectivity index (χ4v) is 6.59. The Balaban J connectivity index is 1.34. The zero-order valence-corrected chi connectivity index (χ0v) is 22.6.